The molecular weight excluding hydrogens is 242 g/mol. The fourth-order valence-corrected chi connectivity index (χ4v) is 1.09. The van der Waals surface area contributed by atoms with Gasteiger partial charge in [0, 0.05) is 6.07 Å². The van der Waals surface area contributed by atoms with E-state index < -0.39 is 24.6 Å². The third-order valence-corrected chi connectivity index (χ3v) is 1.99. The van der Waals surface area contributed by atoms with Gasteiger partial charge in [0.05, 0.1) is 25.6 Å². The van der Waals surface area contributed by atoms with Gasteiger partial charge >= 0.3 is 12.0 Å². The van der Waals surface area contributed by atoms with Crippen LogP contribution in [0.25, 0.3) is 0 Å². The number of rotatable bonds is 5. The van der Waals surface area contributed by atoms with Crippen LogP contribution in [-0.2, 0) is 4.79 Å². The highest BCUT2D eigenvalue weighted by atomic mass is 16.5. The van der Waals surface area contributed by atoms with Gasteiger partial charge in [-0.3, -0.25) is 0 Å². The maximum atomic E-state index is 11.4. The summed E-state index contributed by atoms with van der Waals surface area (Å²) in [6.07, 6.45) is 1.35. The maximum Gasteiger partial charge on any atom is 0.328 e. The topological polar surface area (TPSA) is 121 Å². The zero-order valence-corrected chi connectivity index (χ0v) is 9.58. The van der Waals surface area contributed by atoms with Gasteiger partial charge in [0.25, 0.3) is 0 Å². The number of carboxylic acid groups (broad SMARTS) is 1. The summed E-state index contributed by atoms with van der Waals surface area (Å²) in [5.74, 6) is -0.930. The predicted molar refractivity (Wildman–Crippen MR) is 61.5 cm³/mol. The van der Waals surface area contributed by atoms with Gasteiger partial charge in [-0.25, -0.2) is 14.6 Å². The summed E-state index contributed by atoms with van der Waals surface area (Å²) in [6.45, 7) is -0.691. The molecule has 4 N–H and O–H groups in total. The van der Waals surface area contributed by atoms with Gasteiger partial charge in [0.15, 0.2) is 6.04 Å². The smallest absolute Gasteiger partial charge is 0.328 e. The van der Waals surface area contributed by atoms with Gasteiger partial charge < -0.3 is 25.6 Å². The molecule has 0 saturated carbocycles. The van der Waals surface area contributed by atoms with E-state index in [4.69, 9.17) is 14.9 Å². The second-order valence-electron chi connectivity index (χ2n) is 3.26. The van der Waals surface area contributed by atoms with Gasteiger partial charge in [-0.15, -0.1) is 0 Å². The third-order valence-electron chi connectivity index (χ3n) is 1.99. The van der Waals surface area contributed by atoms with Crippen molar-refractivity contribution in [1.29, 1.82) is 0 Å². The van der Waals surface area contributed by atoms with Crippen LogP contribution in [0.3, 0.4) is 0 Å². The Morgan fingerprint density at radius 1 is 1.50 bits per heavy atom. The van der Waals surface area contributed by atoms with Crippen molar-refractivity contribution in [1.82, 2.24) is 10.3 Å². The summed E-state index contributed by atoms with van der Waals surface area (Å²) in [7, 11) is 1.46. The van der Waals surface area contributed by atoms with E-state index in [9.17, 15) is 9.59 Å². The molecule has 18 heavy (non-hydrogen) atoms. The number of urea groups is 1. The van der Waals surface area contributed by atoms with Crippen molar-refractivity contribution in [2.75, 3.05) is 19.0 Å². The van der Waals surface area contributed by atoms with E-state index in [1.54, 1.807) is 6.07 Å². The van der Waals surface area contributed by atoms with Gasteiger partial charge in [-0.1, -0.05) is 0 Å². The highest BCUT2D eigenvalue weighted by molar-refractivity contribution is 5.92. The highest BCUT2D eigenvalue weighted by Gasteiger charge is 2.18. The number of aliphatic hydroxyl groups excluding tert-OH is 1. The SMILES string of the molecule is COc1ccc(NC(=O)N[C@@H](CO)C(=O)O)cn1. The van der Waals surface area contributed by atoms with Crippen molar-refractivity contribution in [3.8, 4) is 5.88 Å². The normalized spacial score (nSPS) is 11.4. The molecule has 2 amide bonds. The first-order valence-electron chi connectivity index (χ1n) is 4.98. The van der Waals surface area contributed by atoms with Crippen LogP contribution in [0.5, 0.6) is 5.88 Å². The van der Waals surface area contributed by atoms with Crippen LogP contribution in [0.15, 0.2) is 18.3 Å². The van der Waals surface area contributed by atoms with Crippen LogP contribution in [0.4, 0.5) is 10.5 Å². The van der Waals surface area contributed by atoms with Gasteiger partial charge in [-0.05, 0) is 6.07 Å². The second kappa shape index (κ2) is 6.40. The Morgan fingerprint density at radius 3 is 2.67 bits per heavy atom. The number of nitrogens with one attached hydrogen (secondary N) is 2. The van der Waals surface area contributed by atoms with E-state index in [2.05, 4.69) is 15.6 Å². The molecule has 0 spiro atoms. The summed E-state index contributed by atoms with van der Waals surface area (Å²) >= 11 is 0. The number of carboxylic acids is 1. The van der Waals surface area contributed by atoms with E-state index >= 15 is 0 Å². The Bertz CT molecular complexity index is 420. The molecule has 0 unspecified atom stereocenters. The van der Waals surface area contributed by atoms with E-state index in [1.165, 1.54) is 19.4 Å². The molecule has 8 nitrogen and oxygen atoms in total. The number of aliphatic hydroxyl groups is 1. The van der Waals surface area contributed by atoms with Crippen molar-refractivity contribution < 1.29 is 24.5 Å². The lowest BCUT2D eigenvalue weighted by Gasteiger charge is -2.12. The third kappa shape index (κ3) is 3.91. The number of nitrogens with zero attached hydrogens (tertiary/aromatic N) is 1. The molecule has 0 saturated heterocycles. The number of anilines is 1. The Kier molecular flexibility index (Phi) is 4.88. The summed E-state index contributed by atoms with van der Waals surface area (Å²) in [5, 5.41) is 21.8. The Labute approximate surface area is 103 Å². The molecule has 8 heteroatoms. The fourth-order valence-electron chi connectivity index (χ4n) is 1.09. The van der Waals surface area contributed by atoms with Gasteiger partial charge in [0.2, 0.25) is 5.88 Å². The van der Waals surface area contributed by atoms with E-state index in [-0.39, 0.29) is 0 Å². The fraction of sp³-hybridized carbons (Fsp3) is 0.300. The number of carbonyl (C=O) groups excluding carboxylic acids is 1. The molecule has 0 bridgehead atoms. The van der Waals surface area contributed by atoms with Crippen molar-refractivity contribution in [2.24, 2.45) is 0 Å². The molecule has 0 aliphatic carbocycles. The molecular formula is C10H13N3O5. The molecule has 0 fully saturated rings. The van der Waals surface area contributed by atoms with Crippen LogP contribution >= 0.6 is 0 Å². The number of amides is 2. The first-order chi connectivity index (χ1) is 8.56. The molecule has 0 aromatic carbocycles. The van der Waals surface area contributed by atoms with E-state index in [1.807, 2.05) is 0 Å². The summed E-state index contributed by atoms with van der Waals surface area (Å²) in [6, 6.07) is 0.982. The van der Waals surface area contributed by atoms with Crippen molar-refractivity contribution >= 4 is 17.7 Å². The van der Waals surface area contributed by atoms with Crippen molar-refractivity contribution in [2.45, 2.75) is 6.04 Å². The monoisotopic (exact) mass is 255 g/mol. The number of ether oxygens (including phenoxy) is 1. The molecule has 1 rings (SSSR count). The average Bonchev–Trinajstić information content (AvgIpc) is 2.36. The molecule has 1 heterocycles. The number of pyridine rings is 1. The lowest BCUT2D eigenvalue weighted by Crippen LogP contribution is -2.45. The second-order valence-corrected chi connectivity index (χ2v) is 3.26. The first-order valence-corrected chi connectivity index (χ1v) is 4.98. The lowest BCUT2D eigenvalue weighted by atomic mass is 10.3. The molecule has 0 aliphatic rings. The van der Waals surface area contributed by atoms with Crippen molar-refractivity contribution in [3.05, 3.63) is 18.3 Å². The minimum Gasteiger partial charge on any atom is -0.481 e. The maximum absolute atomic E-state index is 11.4. The van der Waals surface area contributed by atoms with Crippen LogP contribution < -0.4 is 15.4 Å². The van der Waals surface area contributed by atoms with E-state index in [0.717, 1.165) is 0 Å². The summed E-state index contributed by atoms with van der Waals surface area (Å²) in [5.41, 5.74) is 0.371. The first kappa shape index (κ1) is 13.7. The van der Waals surface area contributed by atoms with Crippen LogP contribution in [0.2, 0.25) is 0 Å². The number of methoxy groups -OCH3 is 1. The highest BCUT2D eigenvalue weighted by Crippen LogP contribution is 2.10. The molecule has 1 aromatic rings. The lowest BCUT2D eigenvalue weighted by molar-refractivity contribution is -0.140. The number of carbonyl (C=O) groups is 2. The van der Waals surface area contributed by atoms with Crippen LogP contribution in [0, 0.1) is 0 Å². The number of hydrogen-bond acceptors (Lipinski definition) is 5. The van der Waals surface area contributed by atoms with Gasteiger partial charge in [0.1, 0.15) is 0 Å². The Morgan fingerprint density at radius 2 is 2.22 bits per heavy atom. The average molecular weight is 255 g/mol. The Balaban J connectivity index is 2.55. The number of aliphatic carboxylic acids is 1. The quantitative estimate of drug-likeness (QED) is 0.571. The zero-order valence-electron chi connectivity index (χ0n) is 9.58. The zero-order chi connectivity index (χ0) is 13.5. The van der Waals surface area contributed by atoms with E-state index in [0.29, 0.717) is 11.6 Å². The minimum atomic E-state index is -1.35. The predicted octanol–water partition coefficient (Wildman–Crippen LogP) is -0.343. The van der Waals surface area contributed by atoms with Gasteiger partial charge in [-0.2, -0.15) is 0 Å². The largest absolute Gasteiger partial charge is 0.481 e. The summed E-state index contributed by atoms with van der Waals surface area (Å²) in [4.78, 5) is 25.8. The van der Waals surface area contributed by atoms with Crippen LogP contribution in [-0.4, -0.2) is 47.0 Å². The molecule has 0 aliphatic heterocycles. The van der Waals surface area contributed by atoms with Crippen LogP contribution in [0.1, 0.15) is 0 Å². The molecule has 98 valence electrons. The Hall–Kier alpha value is -2.35. The van der Waals surface area contributed by atoms with Crippen molar-refractivity contribution in [3.63, 3.8) is 0 Å². The number of hydrogen-bond donors (Lipinski definition) is 4. The number of aromatic nitrogens is 1. The molecule has 1 aromatic heterocycles. The summed E-state index contributed by atoms with van der Waals surface area (Å²) < 4.78 is 4.84. The molecule has 0 radical (unpaired) electrons. The standard InChI is InChI=1S/C10H13N3O5/c1-18-8-3-2-6(4-11-8)12-10(17)13-7(5-14)9(15)16/h2-4,7,14H,5H2,1H3,(H,15,16)(H2,12,13,17)/t7-/m0/s1. The minimum absolute atomic E-state index is 0.371. The molecule has 1 atom stereocenters.